The van der Waals surface area contributed by atoms with Crippen LogP contribution in [0.15, 0.2) is 45.9 Å². The summed E-state index contributed by atoms with van der Waals surface area (Å²) >= 11 is 6.45. The predicted molar refractivity (Wildman–Crippen MR) is 92.5 cm³/mol. The number of benzene rings is 1. The third-order valence-electron chi connectivity index (χ3n) is 3.31. The lowest BCUT2D eigenvalue weighted by atomic mass is 10.1. The first-order valence-electron chi connectivity index (χ1n) is 6.63. The fourth-order valence-electron chi connectivity index (χ4n) is 2.16. The zero-order valence-corrected chi connectivity index (χ0v) is 13.6. The summed E-state index contributed by atoms with van der Waals surface area (Å²) in [5.74, 6) is -0.786. The summed E-state index contributed by atoms with van der Waals surface area (Å²) < 4.78 is 5.57. The number of thiocarbonyl (C=S) groups is 1. The summed E-state index contributed by atoms with van der Waals surface area (Å²) in [4.78, 5) is 25.6. The molecule has 0 bridgehead atoms. The van der Waals surface area contributed by atoms with E-state index in [1.165, 1.54) is 23.3 Å². The van der Waals surface area contributed by atoms with E-state index in [1.807, 2.05) is 0 Å². The Morgan fingerprint density at radius 3 is 2.83 bits per heavy atom. The number of carbonyl (C=O) groups is 2. The van der Waals surface area contributed by atoms with Crippen molar-refractivity contribution in [1.82, 2.24) is 0 Å². The van der Waals surface area contributed by atoms with Crippen molar-refractivity contribution in [1.29, 1.82) is 0 Å². The first kappa shape index (κ1) is 15.5. The first-order chi connectivity index (χ1) is 11.0. The Morgan fingerprint density at radius 1 is 1.39 bits per heavy atom. The monoisotopic (exact) mass is 345 g/mol. The third kappa shape index (κ3) is 2.93. The quantitative estimate of drug-likeness (QED) is 0.676. The fourth-order valence-corrected chi connectivity index (χ4v) is 3.43. The second-order valence-electron chi connectivity index (χ2n) is 4.84. The summed E-state index contributed by atoms with van der Waals surface area (Å²) in [5, 5.41) is 9.13. The number of anilines is 1. The number of carbonyl (C=O) groups excluding carboxylic acids is 1. The van der Waals surface area contributed by atoms with Gasteiger partial charge in [-0.1, -0.05) is 30.0 Å². The maximum atomic E-state index is 12.6. The molecule has 3 rings (SSSR count). The van der Waals surface area contributed by atoms with E-state index < -0.39 is 5.97 Å². The molecule has 1 fully saturated rings. The average Bonchev–Trinajstić information content (AvgIpc) is 3.09. The van der Waals surface area contributed by atoms with Crippen molar-refractivity contribution in [2.75, 3.05) is 4.90 Å². The van der Waals surface area contributed by atoms with Crippen LogP contribution < -0.4 is 4.90 Å². The maximum absolute atomic E-state index is 12.6. The molecule has 1 N–H and O–H groups in total. The normalized spacial score (nSPS) is 16.4. The van der Waals surface area contributed by atoms with Gasteiger partial charge in [-0.05, 0) is 36.8 Å². The largest absolute Gasteiger partial charge is 0.478 e. The fraction of sp³-hybridized carbons (Fsp3) is 0.0625. The Labute approximate surface area is 141 Å². The molecule has 0 unspecified atom stereocenters. The van der Waals surface area contributed by atoms with E-state index in [-0.39, 0.29) is 11.5 Å². The van der Waals surface area contributed by atoms with Crippen LogP contribution in [0.3, 0.4) is 0 Å². The van der Waals surface area contributed by atoms with Gasteiger partial charge in [-0.2, -0.15) is 0 Å². The number of carboxylic acid groups (broad SMARTS) is 1. The van der Waals surface area contributed by atoms with Crippen molar-refractivity contribution in [3.63, 3.8) is 0 Å². The molecule has 2 aromatic rings. The van der Waals surface area contributed by atoms with Gasteiger partial charge in [0, 0.05) is 6.08 Å². The average molecular weight is 345 g/mol. The van der Waals surface area contributed by atoms with Crippen molar-refractivity contribution >= 4 is 51.9 Å². The number of hydrogen-bond donors (Lipinski definition) is 1. The van der Waals surface area contributed by atoms with Gasteiger partial charge in [0.15, 0.2) is 4.32 Å². The van der Waals surface area contributed by atoms with E-state index in [9.17, 15) is 9.59 Å². The highest BCUT2D eigenvalue weighted by molar-refractivity contribution is 8.27. The Hall–Kier alpha value is -2.38. The van der Waals surface area contributed by atoms with Crippen LogP contribution in [0.2, 0.25) is 0 Å². The van der Waals surface area contributed by atoms with Crippen LogP contribution in [0.5, 0.6) is 0 Å². The van der Waals surface area contributed by atoms with Crippen LogP contribution in [0.4, 0.5) is 5.69 Å². The molecule has 0 saturated carbocycles. The maximum Gasteiger partial charge on any atom is 0.335 e. The summed E-state index contributed by atoms with van der Waals surface area (Å²) in [6.07, 6.45) is 3.14. The number of furan rings is 1. The number of amides is 1. The van der Waals surface area contributed by atoms with Crippen LogP contribution in [-0.4, -0.2) is 21.3 Å². The molecule has 23 heavy (non-hydrogen) atoms. The molecule has 1 aromatic carbocycles. The number of aromatic carboxylic acids is 1. The second-order valence-corrected chi connectivity index (χ2v) is 6.51. The highest BCUT2D eigenvalue weighted by Crippen LogP contribution is 2.37. The molecule has 0 radical (unpaired) electrons. The van der Waals surface area contributed by atoms with Crippen LogP contribution in [0.1, 0.15) is 21.7 Å². The number of rotatable bonds is 3. The molecule has 0 spiro atoms. The van der Waals surface area contributed by atoms with Crippen LogP contribution in [0.25, 0.3) is 6.08 Å². The van der Waals surface area contributed by atoms with Gasteiger partial charge in [0.05, 0.1) is 22.4 Å². The summed E-state index contributed by atoms with van der Waals surface area (Å²) in [6, 6.07) is 8.08. The molecule has 5 nitrogen and oxygen atoms in total. The van der Waals surface area contributed by atoms with Gasteiger partial charge in [0.1, 0.15) is 5.76 Å². The van der Waals surface area contributed by atoms with Crippen LogP contribution in [0, 0.1) is 6.92 Å². The number of hydrogen-bond acceptors (Lipinski definition) is 5. The summed E-state index contributed by atoms with van der Waals surface area (Å²) in [5.41, 5.74) is 1.36. The molecule has 0 atom stereocenters. The van der Waals surface area contributed by atoms with Gasteiger partial charge in [-0.3, -0.25) is 9.69 Å². The van der Waals surface area contributed by atoms with Crippen molar-refractivity contribution in [3.8, 4) is 0 Å². The van der Waals surface area contributed by atoms with E-state index in [1.54, 1.807) is 31.2 Å². The molecule has 1 amide bonds. The van der Waals surface area contributed by atoms with Gasteiger partial charge in [0.2, 0.25) is 0 Å². The third-order valence-corrected chi connectivity index (χ3v) is 4.61. The number of thioether (sulfide) groups is 1. The van der Waals surface area contributed by atoms with Crippen molar-refractivity contribution in [2.24, 2.45) is 0 Å². The van der Waals surface area contributed by atoms with E-state index in [0.717, 1.165) is 17.3 Å². The smallest absolute Gasteiger partial charge is 0.335 e. The Bertz CT molecular complexity index is 840. The molecule has 116 valence electrons. The van der Waals surface area contributed by atoms with Crippen molar-refractivity contribution in [3.05, 3.63) is 58.4 Å². The minimum atomic E-state index is -1.05. The zero-order valence-electron chi connectivity index (χ0n) is 12.0. The standard InChI is InChI=1S/C16H11NO4S2/c1-9-4-5-10(15(19)20)7-12(9)17-14(18)13(23-16(17)22)8-11-3-2-6-21-11/h2-8H,1H3,(H,19,20)/b13-8+. The van der Waals surface area contributed by atoms with E-state index in [4.69, 9.17) is 21.7 Å². The summed E-state index contributed by atoms with van der Waals surface area (Å²) in [6.45, 7) is 1.80. The SMILES string of the molecule is Cc1ccc(C(=O)O)cc1N1C(=O)/C(=C\c2ccco2)SC1=S. The minimum absolute atomic E-state index is 0.106. The predicted octanol–water partition coefficient (Wildman–Crippen LogP) is 3.69. The van der Waals surface area contributed by atoms with Crippen molar-refractivity contribution < 1.29 is 19.1 Å². The highest BCUT2D eigenvalue weighted by Gasteiger charge is 2.34. The number of aryl methyl sites for hydroxylation is 1. The molecule has 1 saturated heterocycles. The van der Waals surface area contributed by atoms with E-state index in [2.05, 4.69) is 0 Å². The number of carboxylic acids is 1. The van der Waals surface area contributed by atoms with Crippen molar-refractivity contribution in [2.45, 2.75) is 6.92 Å². The van der Waals surface area contributed by atoms with E-state index in [0.29, 0.717) is 20.7 Å². The topological polar surface area (TPSA) is 70.8 Å². The van der Waals surface area contributed by atoms with Crippen LogP contribution in [-0.2, 0) is 4.79 Å². The molecule has 0 aliphatic carbocycles. The first-order valence-corrected chi connectivity index (χ1v) is 7.85. The van der Waals surface area contributed by atoms with Crippen LogP contribution >= 0.6 is 24.0 Å². The Balaban J connectivity index is 2.01. The second kappa shape index (κ2) is 6.02. The molecule has 1 aliphatic rings. The molecule has 1 aromatic heterocycles. The molecular formula is C16H11NO4S2. The Morgan fingerprint density at radius 2 is 2.17 bits per heavy atom. The zero-order chi connectivity index (χ0) is 16.6. The van der Waals surface area contributed by atoms with E-state index >= 15 is 0 Å². The number of nitrogens with zero attached hydrogens (tertiary/aromatic N) is 1. The highest BCUT2D eigenvalue weighted by atomic mass is 32.2. The lowest BCUT2D eigenvalue weighted by Gasteiger charge is -2.17. The molecular weight excluding hydrogens is 334 g/mol. The minimum Gasteiger partial charge on any atom is -0.478 e. The molecule has 1 aliphatic heterocycles. The lowest BCUT2D eigenvalue weighted by molar-refractivity contribution is -0.113. The van der Waals surface area contributed by atoms with Gasteiger partial charge in [0.25, 0.3) is 5.91 Å². The van der Waals surface area contributed by atoms with Gasteiger partial charge in [-0.25, -0.2) is 4.79 Å². The lowest BCUT2D eigenvalue weighted by Crippen LogP contribution is -2.28. The van der Waals surface area contributed by atoms with Gasteiger partial charge >= 0.3 is 5.97 Å². The van der Waals surface area contributed by atoms with Gasteiger partial charge in [-0.15, -0.1) is 0 Å². The van der Waals surface area contributed by atoms with Gasteiger partial charge < -0.3 is 9.52 Å². The molecule has 2 heterocycles. The Kier molecular flexibility index (Phi) is 4.06. The summed E-state index contributed by atoms with van der Waals surface area (Å²) in [7, 11) is 0. The molecule has 7 heteroatoms.